The summed E-state index contributed by atoms with van der Waals surface area (Å²) in [6.07, 6.45) is 4.56. The van der Waals surface area contributed by atoms with Gasteiger partial charge in [0.25, 0.3) is 0 Å². The minimum atomic E-state index is 0.187. The summed E-state index contributed by atoms with van der Waals surface area (Å²) in [6, 6.07) is 18.6. The number of amides is 1. The van der Waals surface area contributed by atoms with E-state index in [0.717, 1.165) is 42.2 Å². The van der Waals surface area contributed by atoms with E-state index in [9.17, 15) is 4.79 Å². The molecule has 2 aromatic carbocycles. The van der Waals surface area contributed by atoms with Crippen LogP contribution in [-0.4, -0.2) is 33.9 Å². The number of nitrogens with zero attached hydrogens (tertiary/aromatic N) is 2. The fourth-order valence-corrected chi connectivity index (χ4v) is 5.07. The van der Waals surface area contributed by atoms with Crippen molar-refractivity contribution in [2.24, 2.45) is 0 Å². The Labute approximate surface area is 174 Å². The lowest BCUT2D eigenvalue weighted by atomic mass is 9.89. The lowest BCUT2D eigenvalue weighted by molar-refractivity contribution is -0.131. The molecule has 0 saturated carbocycles. The maximum atomic E-state index is 12.8. The minimum absolute atomic E-state index is 0.187. The number of rotatable bonds is 4. The molecule has 5 rings (SSSR count). The number of carbonyl (C=O) groups is 1. The summed E-state index contributed by atoms with van der Waals surface area (Å²) < 4.78 is 0. The maximum absolute atomic E-state index is 12.8. The molecule has 4 aromatic rings. The average Bonchev–Trinajstić information content (AvgIpc) is 3.42. The molecule has 0 bridgehead atoms. The highest BCUT2D eigenvalue weighted by atomic mass is 32.1. The predicted octanol–water partition coefficient (Wildman–Crippen LogP) is 5.24. The first-order valence-electron chi connectivity index (χ1n) is 10.1. The number of aromatic nitrogens is 2. The van der Waals surface area contributed by atoms with Crippen molar-refractivity contribution in [1.29, 1.82) is 0 Å². The van der Waals surface area contributed by atoms with Gasteiger partial charge in [-0.3, -0.25) is 4.79 Å². The molecule has 5 heteroatoms. The van der Waals surface area contributed by atoms with Gasteiger partial charge in [0.15, 0.2) is 0 Å². The van der Waals surface area contributed by atoms with Crippen LogP contribution in [0, 0.1) is 0 Å². The highest BCUT2D eigenvalue weighted by molar-refractivity contribution is 7.13. The highest BCUT2D eigenvalue weighted by Crippen LogP contribution is 2.33. The van der Waals surface area contributed by atoms with Crippen LogP contribution in [0.3, 0.4) is 0 Å². The molecule has 0 radical (unpaired) electrons. The second-order valence-corrected chi connectivity index (χ2v) is 8.49. The van der Waals surface area contributed by atoms with E-state index < -0.39 is 0 Å². The lowest BCUT2D eigenvalue weighted by Crippen LogP contribution is -2.38. The number of fused-ring (bicyclic) bond motifs is 1. The zero-order valence-corrected chi connectivity index (χ0v) is 17.0. The molecule has 0 aliphatic carbocycles. The van der Waals surface area contributed by atoms with Gasteiger partial charge >= 0.3 is 0 Å². The Hall–Kier alpha value is -2.92. The Morgan fingerprint density at radius 3 is 2.66 bits per heavy atom. The SMILES string of the molecule is O=C(Cc1csc(-c2ccccc2)n1)N1CCC(c2c[nH]c3ccccc23)CC1. The molecule has 4 nitrogen and oxygen atoms in total. The quantitative estimate of drug-likeness (QED) is 0.508. The van der Waals surface area contributed by atoms with Gasteiger partial charge in [0.2, 0.25) is 5.91 Å². The average molecular weight is 402 g/mol. The number of para-hydroxylation sites is 1. The number of carbonyl (C=O) groups excluding carboxylic acids is 1. The first-order chi connectivity index (χ1) is 14.3. The van der Waals surface area contributed by atoms with E-state index in [4.69, 9.17) is 0 Å². The third-order valence-corrected chi connectivity index (χ3v) is 6.75. The number of benzene rings is 2. The first kappa shape index (κ1) is 18.1. The number of piperidine rings is 1. The van der Waals surface area contributed by atoms with Crippen LogP contribution >= 0.6 is 11.3 Å². The van der Waals surface area contributed by atoms with Crippen LogP contribution in [0.5, 0.6) is 0 Å². The van der Waals surface area contributed by atoms with Crippen molar-refractivity contribution in [1.82, 2.24) is 14.9 Å². The summed E-state index contributed by atoms with van der Waals surface area (Å²) in [4.78, 5) is 22.9. The maximum Gasteiger partial charge on any atom is 0.228 e. The number of hydrogen-bond donors (Lipinski definition) is 1. The van der Waals surface area contributed by atoms with Gasteiger partial charge in [-0.2, -0.15) is 0 Å². The van der Waals surface area contributed by atoms with Crippen LogP contribution in [0.1, 0.15) is 30.0 Å². The fourth-order valence-electron chi connectivity index (χ4n) is 4.24. The van der Waals surface area contributed by atoms with Crippen LogP contribution in [0.2, 0.25) is 0 Å². The molecule has 0 atom stereocenters. The van der Waals surface area contributed by atoms with Gasteiger partial charge in [0.05, 0.1) is 12.1 Å². The largest absolute Gasteiger partial charge is 0.361 e. The Morgan fingerprint density at radius 1 is 1.07 bits per heavy atom. The normalized spacial score (nSPS) is 15.1. The molecular weight excluding hydrogens is 378 g/mol. The molecule has 1 amide bonds. The van der Waals surface area contributed by atoms with Gasteiger partial charge in [-0.25, -0.2) is 4.98 Å². The molecule has 146 valence electrons. The van der Waals surface area contributed by atoms with Crippen molar-refractivity contribution in [3.8, 4) is 10.6 Å². The van der Waals surface area contributed by atoms with Gasteiger partial charge < -0.3 is 9.88 Å². The first-order valence-corrected chi connectivity index (χ1v) is 11.0. The summed E-state index contributed by atoms with van der Waals surface area (Å²) in [7, 11) is 0. The van der Waals surface area contributed by atoms with Crippen molar-refractivity contribution in [3.63, 3.8) is 0 Å². The van der Waals surface area contributed by atoms with Crippen LogP contribution in [0.4, 0.5) is 0 Å². The summed E-state index contributed by atoms with van der Waals surface area (Å²) in [6.45, 7) is 1.64. The van der Waals surface area contributed by atoms with E-state index in [0.29, 0.717) is 12.3 Å². The fraction of sp³-hybridized carbons (Fsp3) is 0.250. The Balaban J connectivity index is 1.21. The van der Waals surface area contributed by atoms with Gasteiger partial charge in [-0.15, -0.1) is 11.3 Å². The molecule has 1 aliphatic rings. The zero-order chi connectivity index (χ0) is 19.6. The third-order valence-electron chi connectivity index (χ3n) is 5.81. The molecule has 0 spiro atoms. The van der Waals surface area contributed by atoms with E-state index in [2.05, 4.69) is 52.6 Å². The van der Waals surface area contributed by atoms with Crippen LogP contribution in [0.15, 0.2) is 66.2 Å². The van der Waals surface area contributed by atoms with Gasteiger partial charge in [-0.1, -0.05) is 48.5 Å². The standard InChI is InChI=1S/C24H23N3OS/c28-23(14-19-16-29-24(26-19)18-6-2-1-3-7-18)27-12-10-17(11-13-27)21-15-25-22-9-5-4-8-20(21)22/h1-9,15-17,25H,10-14H2. The number of likely N-dealkylation sites (tertiary alicyclic amines) is 1. The molecule has 1 saturated heterocycles. The van der Waals surface area contributed by atoms with E-state index in [1.807, 2.05) is 28.5 Å². The molecule has 1 N–H and O–H groups in total. The summed E-state index contributed by atoms with van der Waals surface area (Å²) in [5, 5.41) is 4.30. The molecule has 29 heavy (non-hydrogen) atoms. The topological polar surface area (TPSA) is 49.0 Å². The smallest absolute Gasteiger partial charge is 0.228 e. The van der Waals surface area contributed by atoms with Crippen molar-refractivity contribution in [2.75, 3.05) is 13.1 Å². The Bertz CT molecular complexity index is 1120. The number of thiazole rings is 1. The Morgan fingerprint density at radius 2 is 1.83 bits per heavy atom. The number of nitrogens with one attached hydrogen (secondary N) is 1. The van der Waals surface area contributed by atoms with Crippen molar-refractivity contribution >= 4 is 28.1 Å². The van der Waals surface area contributed by atoms with E-state index in [1.165, 1.54) is 16.5 Å². The van der Waals surface area contributed by atoms with Gasteiger partial charge in [0.1, 0.15) is 5.01 Å². The lowest BCUT2D eigenvalue weighted by Gasteiger charge is -2.32. The number of aromatic amines is 1. The van der Waals surface area contributed by atoms with Gasteiger partial charge in [0, 0.05) is 41.1 Å². The number of hydrogen-bond acceptors (Lipinski definition) is 3. The van der Waals surface area contributed by atoms with Crippen molar-refractivity contribution in [2.45, 2.75) is 25.2 Å². The van der Waals surface area contributed by atoms with Gasteiger partial charge in [-0.05, 0) is 30.4 Å². The Kier molecular flexibility index (Phi) is 4.90. The third kappa shape index (κ3) is 3.70. The minimum Gasteiger partial charge on any atom is -0.361 e. The van der Waals surface area contributed by atoms with Crippen LogP contribution < -0.4 is 0 Å². The molecule has 2 aromatic heterocycles. The van der Waals surface area contributed by atoms with Crippen LogP contribution in [-0.2, 0) is 11.2 Å². The van der Waals surface area contributed by atoms with Crippen molar-refractivity contribution < 1.29 is 4.79 Å². The zero-order valence-electron chi connectivity index (χ0n) is 16.2. The molecule has 1 aliphatic heterocycles. The molecule has 0 unspecified atom stereocenters. The van der Waals surface area contributed by atoms with E-state index in [1.54, 1.807) is 11.3 Å². The second-order valence-electron chi connectivity index (χ2n) is 7.63. The summed E-state index contributed by atoms with van der Waals surface area (Å²) in [5.74, 6) is 0.700. The summed E-state index contributed by atoms with van der Waals surface area (Å²) >= 11 is 1.61. The predicted molar refractivity (Wildman–Crippen MR) is 118 cm³/mol. The molecule has 3 heterocycles. The molecule has 1 fully saturated rings. The van der Waals surface area contributed by atoms with Crippen LogP contribution in [0.25, 0.3) is 21.5 Å². The monoisotopic (exact) mass is 401 g/mol. The second kappa shape index (κ2) is 7.84. The molecular formula is C24H23N3OS. The van der Waals surface area contributed by atoms with E-state index >= 15 is 0 Å². The highest BCUT2D eigenvalue weighted by Gasteiger charge is 2.25. The summed E-state index contributed by atoms with van der Waals surface area (Å²) in [5.41, 5.74) is 4.56. The number of H-pyrrole nitrogens is 1. The van der Waals surface area contributed by atoms with Crippen molar-refractivity contribution in [3.05, 3.63) is 77.4 Å². The van der Waals surface area contributed by atoms with E-state index in [-0.39, 0.29) is 5.91 Å².